The zero-order chi connectivity index (χ0) is 20.6. The van der Waals surface area contributed by atoms with Crippen LogP contribution in [0.5, 0.6) is 0 Å². The third kappa shape index (κ3) is 3.31. The van der Waals surface area contributed by atoms with Gasteiger partial charge in [-0.2, -0.15) is 0 Å². The Kier molecular flexibility index (Phi) is 5.33. The molecule has 28 heavy (non-hydrogen) atoms. The van der Waals surface area contributed by atoms with Crippen molar-refractivity contribution in [3.05, 3.63) is 56.4 Å². The first-order valence-electron chi connectivity index (χ1n) is 8.89. The van der Waals surface area contributed by atoms with Crippen LogP contribution in [0.25, 0.3) is 10.2 Å². The van der Waals surface area contributed by atoms with E-state index in [9.17, 15) is 19.5 Å². The van der Waals surface area contributed by atoms with E-state index in [4.69, 9.17) is 0 Å². The smallest absolute Gasteiger partial charge is 0.346 e. The fourth-order valence-corrected chi connectivity index (χ4v) is 4.15. The molecule has 0 aliphatic heterocycles. The van der Waals surface area contributed by atoms with E-state index in [1.54, 1.807) is 13.8 Å². The maximum atomic E-state index is 12.9. The molecule has 0 aliphatic rings. The molecule has 7 nitrogen and oxygen atoms in total. The largest absolute Gasteiger partial charge is 0.477 e. The molecule has 3 rings (SSSR count). The summed E-state index contributed by atoms with van der Waals surface area (Å²) in [6.45, 7) is 7.13. The summed E-state index contributed by atoms with van der Waals surface area (Å²) in [5.74, 6) is -1.43. The molecule has 8 heteroatoms. The lowest BCUT2D eigenvalue weighted by atomic mass is 10.1. The van der Waals surface area contributed by atoms with Crippen LogP contribution < -0.4 is 10.9 Å². The second kappa shape index (κ2) is 7.55. The number of nitrogens with one attached hydrogen (secondary N) is 1. The molecule has 3 aromatic rings. The lowest BCUT2D eigenvalue weighted by Gasteiger charge is -2.18. The van der Waals surface area contributed by atoms with Crippen molar-refractivity contribution >= 4 is 39.1 Å². The number of benzene rings is 1. The Balaban J connectivity index is 2.00. The van der Waals surface area contributed by atoms with Crippen LogP contribution in [0.3, 0.4) is 0 Å². The van der Waals surface area contributed by atoms with E-state index in [1.807, 2.05) is 32.0 Å². The zero-order valence-corrected chi connectivity index (χ0v) is 16.9. The predicted molar refractivity (Wildman–Crippen MR) is 109 cm³/mol. The highest BCUT2D eigenvalue weighted by Gasteiger charge is 2.23. The molecule has 2 heterocycles. The minimum Gasteiger partial charge on any atom is -0.477 e. The van der Waals surface area contributed by atoms with E-state index in [2.05, 4.69) is 10.3 Å². The number of aromatic nitrogens is 2. The lowest BCUT2D eigenvalue weighted by Crippen LogP contribution is -2.32. The van der Waals surface area contributed by atoms with Gasteiger partial charge in [0.1, 0.15) is 15.7 Å². The first-order valence-corrected chi connectivity index (χ1v) is 9.70. The van der Waals surface area contributed by atoms with Crippen LogP contribution in [0, 0.1) is 13.8 Å². The number of aromatic carboxylic acids is 1. The van der Waals surface area contributed by atoms with Gasteiger partial charge in [-0.05, 0) is 43.9 Å². The first kappa shape index (κ1) is 19.8. The summed E-state index contributed by atoms with van der Waals surface area (Å²) in [5, 5.41) is 12.4. The number of fused-ring (bicyclic) bond motifs is 1. The molecule has 0 aliphatic carbocycles. The molecule has 0 bridgehead atoms. The average Bonchev–Trinajstić information content (AvgIpc) is 3.00. The van der Waals surface area contributed by atoms with Crippen molar-refractivity contribution in [2.24, 2.45) is 0 Å². The van der Waals surface area contributed by atoms with Crippen LogP contribution in [-0.4, -0.2) is 26.5 Å². The third-order valence-electron chi connectivity index (χ3n) is 4.86. The quantitative estimate of drug-likeness (QED) is 0.683. The highest BCUT2D eigenvalue weighted by atomic mass is 32.1. The highest BCUT2D eigenvalue weighted by Crippen LogP contribution is 2.27. The summed E-state index contributed by atoms with van der Waals surface area (Å²) in [6.07, 6.45) is 2.07. The third-order valence-corrected chi connectivity index (χ3v) is 6.04. The number of anilines is 1. The number of aryl methyl sites for hydroxylation is 3. The van der Waals surface area contributed by atoms with Crippen molar-refractivity contribution in [3.8, 4) is 0 Å². The number of carbonyl (C=O) groups is 2. The maximum absolute atomic E-state index is 12.9. The number of para-hydroxylation sites is 1. The minimum atomic E-state index is -1.09. The maximum Gasteiger partial charge on any atom is 0.346 e. The Morgan fingerprint density at radius 3 is 2.68 bits per heavy atom. The Morgan fingerprint density at radius 1 is 1.32 bits per heavy atom. The van der Waals surface area contributed by atoms with Crippen molar-refractivity contribution in [1.29, 1.82) is 0 Å². The van der Waals surface area contributed by atoms with Gasteiger partial charge in [0.2, 0.25) is 5.91 Å². The number of nitrogens with zero attached hydrogens (tertiary/aromatic N) is 2. The number of thiophene rings is 1. The van der Waals surface area contributed by atoms with E-state index in [0.717, 1.165) is 34.6 Å². The van der Waals surface area contributed by atoms with E-state index in [-0.39, 0.29) is 16.2 Å². The van der Waals surface area contributed by atoms with Gasteiger partial charge in [0, 0.05) is 5.69 Å². The summed E-state index contributed by atoms with van der Waals surface area (Å²) < 4.78 is 1.24. The molecule has 2 N–H and O–H groups in total. The summed E-state index contributed by atoms with van der Waals surface area (Å²) in [4.78, 5) is 41.7. The van der Waals surface area contributed by atoms with Gasteiger partial charge in [-0.1, -0.05) is 25.1 Å². The van der Waals surface area contributed by atoms with E-state index in [0.29, 0.717) is 10.4 Å². The molecule has 1 aromatic carbocycles. The molecular weight excluding hydrogens is 378 g/mol. The van der Waals surface area contributed by atoms with Gasteiger partial charge in [-0.3, -0.25) is 14.2 Å². The molecule has 0 fully saturated rings. The van der Waals surface area contributed by atoms with E-state index in [1.165, 1.54) is 10.9 Å². The minimum absolute atomic E-state index is 0.0851. The van der Waals surface area contributed by atoms with Gasteiger partial charge in [0.25, 0.3) is 5.56 Å². The number of carboxylic acids is 1. The molecule has 1 amide bonds. The summed E-state index contributed by atoms with van der Waals surface area (Å²) in [5.41, 5.74) is 2.67. The summed E-state index contributed by atoms with van der Waals surface area (Å²) in [7, 11) is 0. The van der Waals surface area contributed by atoms with E-state index >= 15 is 0 Å². The SMILES string of the molecule is CCc1cccc(C)c1NC(=O)C(C)n1cnc2sc(C(=O)O)c(C)c2c1=O. The number of hydrogen-bond donors (Lipinski definition) is 2. The summed E-state index contributed by atoms with van der Waals surface area (Å²) >= 11 is 0.960. The molecule has 0 saturated heterocycles. The van der Waals surface area contributed by atoms with Gasteiger partial charge >= 0.3 is 5.97 Å². The molecule has 146 valence electrons. The Labute approximate surface area is 165 Å². The molecular formula is C20H21N3O4S. The van der Waals surface area contributed by atoms with Crippen LogP contribution in [0.4, 0.5) is 5.69 Å². The van der Waals surface area contributed by atoms with Gasteiger partial charge in [-0.25, -0.2) is 9.78 Å². The number of carbonyl (C=O) groups excluding carboxylic acids is 1. The molecule has 1 atom stereocenters. The molecule has 0 radical (unpaired) electrons. The Morgan fingerprint density at radius 2 is 2.04 bits per heavy atom. The van der Waals surface area contributed by atoms with Crippen molar-refractivity contribution in [1.82, 2.24) is 9.55 Å². The molecule has 0 spiro atoms. The lowest BCUT2D eigenvalue weighted by molar-refractivity contribution is -0.118. The Hall–Kier alpha value is -3.00. The van der Waals surface area contributed by atoms with Crippen LogP contribution in [0.1, 0.15) is 46.3 Å². The topological polar surface area (TPSA) is 101 Å². The van der Waals surface area contributed by atoms with Crippen LogP contribution in [0.15, 0.2) is 29.3 Å². The second-order valence-corrected chi connectivity index (χ2v) is 7.63. The zero-order valence-electron chi connectivity index (χ0n) is 16.1. The average molecular weight is 399 g/mol. The van der Waals surface area contributed by atoms with Crippen LogP contribution in [-0.2, 0) is 11.2 Å². The highest BCUT2D eigenvalue weighted by molar-refractivity contribution is 7.20. The standard InChI is InChI=1S/C20H21N3O4S/c1-5-13-8-6-7-10(2)15(13)22-17(24)12(4)23-9-21-18-14(19(23)25)11(3)16(28-18)20(26)27/h6-9,12H,5H2,1-4H3,(H,22,24)(H,26,27). The number of amides is 1. The van der Waals surface area contributed by atoms with Gasteiger partial charge in [0.15, 0.2) is 0 Å². The van der Waals surface area contributed by atoms with Crippen molar-refractivity contribution in [2.75, 3.05) is 5.32 Å². The molecule has 0 saturated carbocycles. The van der Waals surface area contributed by atoms with Gasteiger partial charge < -0.3 is 10.4 Å². The van der Waals surface area contributed by atoms with Gasteiger partial charge in [-0.15, -0.1) is 11.3 Å². The predicted octanol–water partition coefficient (Wildman–Crippen LogP) is 3.54. The second-order valence-electron chi connectivity index (χ2n) is 6.63. The number of rotatable bonds is 5. The van der Waals surface area contributed by atoms with Crippen molar-refractivity contribution < 1.29 is 14.7 Å². The first-order chi connectivity index (χ1) is 13.3. The molecule has 1 unspecified atom stereocenters. The number of hydrogen-bond acceptors (Lipinski definition) is 5. The fraction of sp³-hybridized carbons (Fsp3) is 0.300. The van der Waals surface area contributed by atoms with Crippen molar-refractivity contribution in [3.63, 3.8) is 0 Å². The normalized spacial score (nSPS) is 12.1. The monoisotopic (exact) mass is 399 g/mol. The Bertz CT molecular complexity index is 1150. The van der Waals surface area contributed by atoms with Crippen LogP contribution in [0.2, 0.25) is 0 Å². The fourth-order valence-electron chi connectivity index (χ4n) is 3.17. The number of carboxylic acid groups (broad SMARTS) is 1. The van der Waals surface area contributed by atoms with E-state index < -0.39 is 17.6 Å². The summed E-state index contributed by atoms with van der Waals surface area (Å²) in [6, 6.07) is 5.01. The van der Waals surface area contributed by atoms with Crippen molar-refractivity contribution in [2.45, 2.75) is 40.2 Å². The molecule has 2 aromatic heterocycles. The van der Waals surface area contributed by atoms with Gasteiger partial charge in [0.05, 0.1) is 11.7 Å². The van der Waals surface area contributed by atoms with Crippen LogP contribution >= 0.6 is 11.3 Å².